The van der Waals surface area contributed by atoms with Crippen LogP contribution in [0.3, 0.4) is 0 Å². The zero-order valence-corrected chi connectivity index (χ0v) is 20.4. The highest BCUT2D eigenvalue weighted by Gasteiger charge is 2.47. The summed E-state index contributed by atoms with van der Waals surface area (Å²) >= 11 is 0. The molecule has 7 nitrogen and oxygen atoms in total. The Balaban J connectivity index is 1.56. The molecule has 192 valence electrons. The minimum absolute atomic E-state index is 0.0605. The molecule has 0 bridgehead atoms. The first-order valence-corrected chi connectivity index (χ1v) is 11.9. The molecule has 1 saturated heterocycles. The van der Waals surface area contributed by atoms with Crippen molar-refractivity contribution in [3.8, 4) is 0 Å². The summed E-state index contributed by atoms with van der Waals surface area (Å²) in [7, 11) is 0. The number of hydrogen-bond donors (Lipinski definition) is 2. The lowest BCUT2D eigenvalue weighted by Gasteiger charge is -2.25. The van der Waals surface area contributed by atoms with Gasteiger partial charge in [-0.15, -0.1) is 0 Å². The number of rotatable bonds is 8. The van der Waals surface area contributed by atoms with Crippen LogP contribution in [0.15, 0.2) is 72.8 Å². The van der Waals surface area contributed by atoms with Gasteiger partial charge in [0.25, 0.3) is 5.91 Å². The summed E-state index contributed by atoms with van der Waals surface area (Å²) in [5, 5.41) is 5.54. The van der Waals surface area contributed by atoms with Gasteiger partial charge in [-0.05, 0) is 60.9 Å². The Labute approximate surface area is 213 Å². The summed E-state index contributed by atoms with van der Waals surface area (Å²) in [6.45, 7) is 3.86. The molecule has 3 aromatic rings. The van der Waals surface area contributed by atoms with E-state index in [0.717, 1.165) is 0 Å². The number of cyclic esters (lactones) is 1. The number of anilines is 1. The predicted molar refractivity (Wildman–Crippen MR) is 134 cm³/mol. The van der Waals surface area contributed by atoms with Gasteiger partial charge >= 0.3 is 6.09 Å². The number of nitrogens with zero attached hydrogens (tertiary/aromatic N) is 1. The Bertz CT molecular complexity index is 1280. The van der Waals surface area contributed by atoms with Crippen LogP contribution in [0.4, 0.5) is 19.3 Å². The molecule has 1 aliphatic heterocycles. The standard InChI is InChI=1S/C28H27F2N3O4/c1-3-17(2)31-27(35)24-25(37-28(36)33(24)16-18-8-12-20(29)13-9-18)19-10-14-21(15-11-19)32-26(34)22-6-4-5-7-23(22)30/h4-15,17,24-25H,3,16H2,1-2H3,(H,31,35)(H,32,34). The van der Waals surface area contributed by atoms with Crippen molar-refractivity contribution in [2.45, 2.75) is 45.0 Å². The van der Waals surface area contributed by atoms with Crippen molar-refractivity contribution in [2.24, 2.45) is 0 Å². The molecule has 4 rings (SSSR count). The van der Waals surface area contributed by atoms with Crippen LogP contribution in [0.5, 0.6) is 0 Å². The fourth-order valence-electron chi connectivity index (χ4n) is 4.03. The van der Waals surface area contributed by atoms with Crippen molar-refractivity contribution in [3.63, 3.8) is 0 Å². The normalized spacial score (nSPS) is 17.7. The third-order valence-electron chi connectivity index (χ3n) is 6.24. The molecule has 3 aromatic carbocycles. The van der Waals surface area contributed by atoms with Crippen LogP contribution >= 0.6 is 0 Å². The third-order valence-corrected chi connectivity index (χ3v) is 6.24. The molecule has 0 saturated carbocycles. The molecule has 9 heteroatoms. The molecule has 0 aliphatic carbocycles. The van der Waals surface area contributed by atoms with E-state index in [2.05, 4.69) is 10.6 Å². The van der Waals surface area contributed by atoms with Gasteiger partial charge in [-0.3, -0.25) is 14.5 Å². The highest BCUT2D eigenvalue weighted by Crippen LogP contribution is 2.34. The average molecular weight is 508 g/mol. The maximum Gasteiger partial charge on any atom is 0.411 e. The summed E-state index contributed by atoms with van der Waals surface area (Å²) < 4.78 is 32.9. The molecule has 3 amide bonds. The largest absolute Gasteiger partial charge is 0.438 e. The fourth-order valence-corrected chi connectivity index (χ4v) is 4.03. The van der Waals surface area contributed by atoms with Crippen LogP contribution in [0.1, 0.15) is 47.9 Å². The number of ether oxygens (including phenoxy) is 1. The van der Waals surface area contributed by atoms with Crippen molar-refractivity contribution in [3.05, 3.63) is 101 Å². The first-order valence-electron chi connectivity index (χ1n) is 11.9. The van der Waals surface area contributed by atoms with Crippen molar-refractivity contribution < 1.29 is 27.9 Å². The summed E-state index contributed by atoms with van der Waals surface area (Å²) in [5.74, 6) is -2.01. The van der Waals surface area contributed by atoms with Gasteiger partial charge in [0.15, 0.2) is 12.1 Å². The Morgan fingerprint density at radius 3 is 2.32 bits per heavy atom. The molecule has 1 aliphatic rings. The van der Waals surface area contributed by atoms with E-state index in [1.165, 1.54) is 35.2 Å². The van der Waals surface area contributed by atoms with E-state index < -0.39 is 35.8 Å². The van der Waals surface area contributed by atoms with Gasteiger partial charge in [0, 0.05) is 11.7 Å². The van der Waals surface area contributed by atoms with Gasteiger partial charge in [-0.2, -0.15) is 0 Å². The number of amides is 3. The number of carbonyl (C=O) groups is 3. The zero-order chi connectivity index (χ0) is 26.5. The monoisotopic (exact) mass is 507 g/mol. The van der Waals surface area contributed by atoms with Gasteiger partial charge in [0.2, 0.25) is 5.91 Å². The predicted octanol–water partition coefficient (Wildman–Crippen LogP) is 5.19. The Kier molecular flexibility index (Phi) is 7.81. The Hall–Kier alpha value is -4.27. The Morgan fingerprint density at radius 2 is 1.68 bits per heavy atom. The summed E-state index contributed by atoms with van der Waals surface area (Å²) in [5.41, 5.74) is 1.51. The van der Waals surface area contributed by atoms with Crippen LogP contribution in [0.2, 0.25) is 0 Å². The van der Waals surface area contributed by atoms with E-state index in [0.29, 0.717) is 23.2 Å². The molecular weight excluding hydrogens is 480 g/mol. The summed E-state index contributed by atoms with van der Waals surface area (Å²) in [6, 6.07) is 16.7. The number of hydrogen-bond acceptors (Lipinski definition) is 4. The minimum Gasteiger partial charge on any atom is -0.438 e. The first kappa shape index (κ1) is 25.8. The molecule has 1 heterocycles. The molecule has 0 spiro atoms. The highest BCUT2D eigenvalue weighted by atomic mass is 19.1. The lowest BCUT2D eigenvalue weighted by molar-refractivity contribution is -0.127. The zero-order valence-electron chi connectivity index (χ0n) is 20.4. The third kappa shape index (κ3) is 5.94. The van der Waals surface area contributed by atoms with E-state index in [1.807, 2.05) is 13.8 Å². The van der Waals surface area contributed by atoms with Gasteiger partial charge in [-0.25, -0.2) is 13.6 Å². The molecule has 1 fully saturated rings. The molecule has 3 atom stereocenters. The lowest BCUT2D eigenvalue weighted by atomic mass is 10.00. The molecule has 0 aromatic heterocycles. The summed E-state index contributed by atoms with van der Waals surface area (Å²) in [6.07, 6.45) is -0.879. The SMILES string of the molecule is CCC(C)NC(=O)C1C(c2ccc(NC(=O)c3ccccc3F)cc2)OC(=O)N1Cc1ccc(F)cc1. The van der Waals surface area contributed by atoms with E-state index in [-0.39, 0.29) is 24.1 Å². The van der Waals surface area contributed by atoms with Crippen molar-refractivity contribution >= 4 is 23.6 Å². The molecule has 3 unspecified atom stereocenters. The molecule has 0 radical (unpaired) electrons. The number of carbonyl (C=O) groups excluding carboxylic acids is 3. The average Bonchev–Trinajstić information content (AvgIpc) is 3.21. The van der Waals surface area contributed by atoms with Crippen LogP contribution in [-0.2, 0) is 16.1 Å². The van der Waals surface area contributed by atoms with Crippen molar-refractivity contribution in [2.75, 3.05) is 5.32 Å². The van der Waals surface area contributed by atoms with E-state index in [9.17, 15) is 23.2 Å². The van der Waals surface area contributed by atoms with Gasteiger partial charge in [-0.1, -0.05) is 43.3 Å². The van der Waals surface area contributed by atoms with Gasteiger partial charge < -0.3 is 15.4 Å². The van der Waals surface area contributed by atoms with Crippen molar-refractivity contribution in [1.82, 2.24) is 10.2 Å². The van der Waals surface area contributed by atoms with Crippen LogP contribution in [-0.4, -0.2) is 34.9 Å². The number of halogens is 2. The molecule has 37 heavy (non-hydrogen) atoms. The second-order valence-electron chi connectivity index (χ2n) is 8.88. The molecule has 2 N–H and O–H groups in total. The summed E-state index contributed by atoms with van der Waals surface area (Å²) in [4.78, 5) is 39.9. The quantitative estimate of drug-likeness (QED) is 0.439. The second-order valence-corrected chi connectivity index (χ2v) is 8.88. The topological polar surface area (TPSA) is 87.7 Å². The lowest BCUT2D eigenvalue weighted by Crippen LogP contribution is -2.48. The van der Waals surface area contributed by atoms with Crippen LogP contribution in [0, 0.1) is 11.6 Å². The number of benzene rings is 3. The maximum atomic E-state index is 13.9. The number of nitrogens with one attached hydrogen (secondary N) is 2. The smallest absolute Gasteiger partial charge is 0.411 e. The Morgan fingerprint density at radius 1 is 1.00 bits per heavy atom. The minimum atomic E-state index is -0.967. The second kappa shape index (κ2) is 11.2. The van der Waals surface area contributed by atoms with E-state index >= 15 is 0 Å². The van der Waals surface area contributed by atoms with Crippen LogP contribution in [0.25, 0.3) is 0 Å². The van der Waals surface area contributed by atoms with E-state index in [1.54, 1.807) is 42.5 Å². The van der Waals surface area contributed by atoms with Gasteiger partial charge in [0.05, 0.1) is 12.1 Å². The van der Waals surface area contributed by atoms with E-state index in [4.69, 9.17) is 4.74 Å². The maximum absolute atomic E-state index is 13.9. The fraction of sp³-hybridized carbons (Fsp3) is 0.250. The van der Waals surface area contributed by atoms with Crippen molar-refractivity contribution in [1.29, 1.82) is 0 Å². The first-order chi connectivity index (χ1) is 17.8. The highest BCUT2D eigenvalue weighted by molar-refractivity contribution is 6.04. The molecular formula is C28H27F2N3O4. The van der Waals surface area contributed by atoms with Crippen LogP contribution < -0.4 is 10.6 Å². The van der Waals surface area contributed by atoms with Gasteiger partial charge in [0.1, 0.15) is 11.6 Å².